The Morgan fingerprint density at radius 1 is 1.56 bits per heavy atom. The summed E-state index contributed by atoms with van der Waals surface area (Å²) < 4.78 is 10.6. The first kappa shape index (κ1) is 11.7. The monoisotopic (exact) mass is 250 g/mol. The van der Waals surface area contributed by atoms with Crippen LogP contribution in [0.3, 0.4) is 0 Å². The number of nitrogens with two attached hydrogens (primary N) is 1. The van der Waals surface area contributed by atoms with Gasteiger partial charge in [0.25, 0.3) is 0 Å². The van der Waals surface area contributed by atoms with Crippen molar-refractivity contribution in [3.05, 3.63) is 23.7 Å². The lowest BCUT2D eigenvalue weighted by Gasteiger charge is -2.27. The topological polar surface area (TPSA) is 77.5 Å². The third-order valence-corrected chi connectivity index (χ3v) is 3.86. The summed E-state index contributed by atoms with van der Waals surface area (Å²) in [6, 6.07) is 1.97. The van der Waals surface area contributed by atoms with Crippen LogP contribution in [-0.2, 0) is 16.0 Å². The van der Waals surface area contributed by atoms with Gasteiger partial charge in [0.2, 0.25) is 5.91 Å². The van der Waals surface area contributed by atoms with E-state index in [2.05, 4.69) is 5.32 Å². The van der Waals surface area contributed by atoms with Gasteiger partial charge in [-0.2, -0.15) is 0 Å². The lowest BCUT2D eigenvalue weighted by molar-refractivity contribution is -0.127. The van der Waals surface area contributed by atoms with Gasteiger partial charge in [0.05, 0.1) is 18.9 Å². The smallest absolute Gasteiger partial charge is 0.243 e. The summed E-state index contributed by atoms with van der Waals surface area (Å²) in [5.41, 5.74) is 6.29. The molecule has 1 fully saturated rings. The lowest BCUT2D eigenvalue weighted by atomic mass is 9.91. The molecule has 3 N–H and O–H groups in total. The minimum atomic E-state index is -0.860. The van der Waals surface area contributed by atoms with Gasteiger partial charge >= 0.3 is 0 Å². The molecule has 5 nitrogen and oxygen atoms in total. The largest absolute Gasteiger partial charge is 0.469 e. The Bertz CT molecular complexity index is 449. The Kier molecular flexibility index (Phi) is 2.87. The minimum absolute atomic E-state index is 0.0287. The quantitative estimate of drug-likeness (QED) is 0.817. The molecular weight excluding hydrogens is 232 g/mol. The first-order valence-corrected chi connectivity index (χ1v) is 6.43. The van der Waals surface area contributed by atoms with Gasteiger partial charge in [-0.15, -0.1) is 0 Å². The van der Waals surface area contributed by atoms with Crippen molar-refractivity contribution in [1.29, 1.82) is 0 Å². The number of aryl methyl sites for hydroxylation is 1. The molecule has 1 aromatic rings. The molecule has 2 heterocycles. The van der Waals surface area contributed by atoms with Crippen molar-refractivity contribution in [1.82, 2.24) is 5.32 Å². The Morgan fingerprint density at radius 2 is 2.44 bits per heavy atom. The zero-order valence-electron chi connectivity index (χ0n) is 10.3. The lowest BCUT2D eigenvalue weighted by Crippen LogP contribution is -2.55. The summed E-state index contributed by atoms with van der Waals surface area (Å²) in [4.78, 5) is 12.2. The van der Waals surface area contributed by atoms with E-state index in [-0.39, 0.29) is 11.9 Å². The molecule has 0 spiro atoms. The van der Waals surface area contributed by atoms with Gasteiger partial charge in [-0.1, -0.05) is 0 Å². The zero-order chi connectivity index (χ0) is 12.6. The average molecular weight is 250 g/mol. The van der Waals surface area contributed by atoms with Crippen LogP contribution >= 0.6 is 0 Å². The second kappa shape index (κ2) is 4.40. The van der Waals surface area contributed by atoms with Crippen LogP contribution in [0.25, 0.3) is 0 Å². The summed E-state index contributed by atoms with van der Waals surface area (Å²) in [6.45, 7) is 0.870. The van der Waals surface area contributed by atoms with E-state index < -0.39 is 5.54 Å². The van der Waals surface area contributed by atoms with E-state index in [1.807, 2.05) is 6.07 Å². The van der Waals surface area contributed by atoms with E-state index in [0.717, 1.165) is 30.6 Å². The highest BCUT2D eigenvalue weighted by molar-refractivity contribution is 5.87. The van der Waals surface area contributed by atoms with Crippen molar-refractivity contribution in [2.45, 2.75) is 37.3 Å². The number of carbonyl (C=O) groups excluding carboxylic acids is 1. The number of amides is 1. The van der Waals surface area contributed by atoms with Crippen molar-refractivity contribution < 1.29 is 13.9 Å². The summed E-state index contributed by atoms with van der Waals surface area (Å²) in [7, 11) is 0. The summed E-state index contributed by atoms with van der Waals surface area (Å²) >= 11 is 0. The number of nitrogens with one attached hydrogen (secondary N) is 1. The van der Waals surface area contributed by atoms with Gasteiger partial charge in [0.15, 0.2) is 0 Å². The predicted molar refractivity (Wildman–Crippen MR) is 64.9 cm³/mol. The van der Waals surface area contributed by atoms with E-state index in [1.165, 1.54) is 0 Å². The van der Waals surface area contributed by atoms with Crippen LogP contribution in [0.1, 0.15) is 36.6 Å². The van der Waals surface area contributed by atoms with E-state index in [1.54, 1.807) is 6.26 Å². The molecule has 2 unspecified atom stereocenters. The maximum absolute atomic E-state index is 12.2. The average Bonchev–Trinajstić information content (AvgIpc) is 2.98. The number of carbonyl (C=O) groups is 1. The first-order chi connectivity index (χ1) is 8.69. The first-order valence-electron chi connectivity index (χ1n) is 6.43. The molecule has 2 atom stereocenters. The predicted octanol–water partition coefficient (Wildman–Crippen LogP) is 0.891. The molecule has 5 heteroatoms. The van der Waals surface area contributed by atoms with E-state index in [4.69, 9.17) is 14.9 Å². The number of fused-ring (bicyclic) bond motifs is 1. The van der Waals surface area contributed by atoms with Crippen molar-refractivity contribution in [2.75, 3.05) is 13.2 Å². The Labute approximate surface area is 106 Å². The fraction of sp³-hybridized carbons (Fsp3) is 0.615. The third kappa shape index (κ3) is 1.93. The van der Waals surface area contributed by atoms with Gasteiger partial charge in [-0.3, -0.25) is 4.79 Å². The second-order valence-corrected chi connectivity index (χ2v) is 5.18. The van der Waals surface area contributed by atoms with Crippen LogP contribution in [0.4, 0.5) is 0 Å². The standard InChI is InChI=1S/C13H18N2O3/c14-13(5-7-17-8-13)12(16)15-10-2-1-3-11-9(10)4-6-18-11/h4,6,10H,1-3,5,7-8,14H2,(H,15,16). The molecular formula is C13H18N2O3. The van der Waals surface area contributed by atoms with E-state index >= 15 is 0 Å². The molecule has 1 aliphatic heterocycles. The minimum Gasteiger partial charge on any atom is -0.469 e. The highest BCUT2D eigenvalue weighted by atomic mass is 16.5. The van der Waals surface area contributed by atoms with Crippen LogP contribution in [0, 0.1) is 0 Å². The normalized spacial score (nSPS) is 31.1. The SMILES string of the molecule is NC1(C(=O)NC2CCCc3occc32)CCOC1. The maximum Gasteiger partial charge on any atom is 0.243 e. The van der Waals surface area contributed by atoms with Crippen LogP contribution in [0.5, 0.6) is 0 Å². The van der Waals surface area contributed by atoms with Crippen molar-refractivity contribution >= 4 is 5.91 Å². The number of rotatable bonds is 2. The fourth-order valence-electron chi connectivity index (χ4n) is 2.70. The third-order valence-electron chi connectivity index (χ3n) is 3.86. The number of furan rings is 1. The zero-order valence-corrected chi connectivity index (χ0v) is 10.3. The number of hydrogen-bond donors (Lipinski definition) is 2. The molecule has 3 rings (SSSR count). The Hall–Kier alpha value is -1.33. The molecule has 0 saturated carbocycles. The van der Waals surface area contributed by atoms with Crippen LogP contribution in [0.2, 0.25) is 0 Å². The summed E-state index contributed by atoms with van der Waals surface area (Å²) in [6.07, 6.45) is 5.19. The summed E-state index contributed by atoms with van der Waals surface area (Å²) in [5, 5.41) is 3.04. The fourth-order valence-corrected chi connectivity index (χ4v) is 2.70. The number of hydrogen-bond acceptors (Lipinski definition) is 4. The van der Waals surface area contributed by atoms with Crippen molar-refractivity contribution in [3.8, 4) is 0 Å². The van der Waals surface area contributed by atoms with Crippen LogP contribution in [0.15, 0.2) is 16.7 Å². The van der Waals surface area contributed by atoms with Gasteiger partial charge in [0.1, 0.15) is 11.3 Å². The molecule has 0 radical (unpaired) electrons. The van der Waals surface area contributed by atoms with Crippen molar-refractivity contribution in [3.63, 3.8) is 0 Å². The van der Waals surface area contributed by atoms with Gasteiger partial charge in [-0.05, 0) is 25.3 Å². The molecule has 1 amide bonds. The Morgan fingerprint density at radius 3 is 3.22 bits per heavy atom. The number of ether oxygens (including phenoxy) is 1. The molecule has 1 aliphatic carbocycles. The molecule has 0 bridgehead atoms. The van der Waals surface area contributed by atoms with Gasteiger partial charge in [0, 0.05) is 18.6 Å². The maximum atomic E-state index is 12.2. The molecule has 0 aromatic carbocycles. The summed E-state index contributed by atoms with van der Waals surface area (Å²) in [5.74, 6) is 0.874. The molecule has 2 aliphatic rings. The van der Waals surface area contributed by atoms with Crippen LogP contribution < -0.4 is 11.1 Å². The molecule has 1 saturated heterocycles. The highest BCUT2D eigenvalue weighted by Gasteiger charge is 2.39. The highest BCUT2D eigenvalue weighted by Crippen LogP contribution is 2.31. The van der Waals surface area contributed by atoms with Gasteiger partial charge < -0.3 is 20.2 Å². The second-order valence-electron chi connectivity index (χ2n) is 5.18. The Balaban J connectivity index is 1.73. The van der Waals surface area contributed by atoms with E-state index in [0.29, 0.717) is 19.6 Å². The molecule has 18 heavy (non-hydrogen) atoms. The van der Waals surface area contributed by atoms with Crippen LogP contribution in [-0.4, -0.2) is 24.7 Å². The van der Waals surface area contributed by atoms with E-state index in [9.17, 15) is 4.79 Å². The molecule has 98 valence electrons. The van der Waals surface area contributed by atoms with Crippen molar-refractivity contribution in [2.24, 2.45) is 5.73 Å². The molecule has 1 aromatic heterocycles. The van der Waals surface area contributed by atoms with Gasteiger partial charge in [-0.25, -0.2) is 0 Å².